The van der Waals surface area contributed by atoms with E-state index in [1.54, 1.807) is 0 Å². The van der Waals surface area contributed by atoms with Crippen LogP contribution in [0.15, 0.2) is 48.1 Å². The maximum atomic E-state index is 2.16. The summed E-state index contributed by atoms with van der Waals surface area (Å²) in [6.45, 7) is 6.34. The molecule has 68 valence electrons. The summed E-state index contributed by atoms with van der Waals surface area (Å²) in [4.78, 5) is 0. The van der Waals surface area contributed by atoms with Gasteiger partial charge in [-0.3, -0.25) is 0 Å². The normalized spacial score (nSPS) is 13.2. The Morgan fingerprint density at radius 2 is 1.69 bits per heavy atom. The maximum Gasteiger partial charge on any atom is -0.0225 e. The molecule has 0 aliphatic heterocycles. The second kappa shape index (κ2) is 4.66. The number of hydrogen-bond acceptors (Lipinski definition) is 0. The molecule has 0 aliphatic rings. The van der Waals surface area contributed by atoms with Crippen molar-refractivity contribution < 1.29 is 0 Å². The lowest BCUT2D eigenvalue weighted by atomic mass is 10.0. The second-order valence-corrected chi connectivity index (χ2v) is 3.17. The van der Waals surface area contributed by atoms with Gasteiger partial charge in [-0.15, -0.1) is 0 Å². The van der Waals surface area contributed by atoms with Crippen LogP contribution < -0.4 is 0 Å². The quantitative estimate of drug-likeness (QED) is 0.590. The average Bonchev–Trinajstić information content (AvgIpc) is 2.18. The molecule has 0 unspecified atom stereocenters. The highest BCUT2D eigenvalue weighted by molar-refractivity contribution is 5.68. The molecule has 0 saturated heterocycles. The first-order valence-electron chi connectivity index (χ1n) is 4.61. The molecule has 0 atom stereocenters. The molecule has 0 spiro atoms. The molecule has 0 amide bonds. The van der Waals surface area contributed by atoms with Crippen molar-refractivity contribution in [2.45, 2.75) is 20.8 Å². The Hall–Kier alpha value is -1.30. The van der Waals surface area contributed by atoms with Gasteiger partial charge in [0.2, 0.25) is 0 Å². The Bertz CT molecular complexity index is 315. The molecule has 0 saturated carbocycles. The Kier molecular flexibility index (Phi) is 3.51. The fourth-order valence-electron chi connectivity index (χ4n) is 1.29. The van der Waals surface area contributed by atoms with Crippen LogP contribution in [-0.2, 0) is 0 Å². The van der Waals surface area contributed by atoms with E-state index in [4.69, 9.17) is 0 Å². The van der Waals surface area contributed by atoms with E-state index in [0.29, 0.717) is 0 Å². The lowest BCUT2D eigenvalue weighted by Gasteiger charge is -2.03. The van der Waals surface area contributed by atoms with Crippen LogP contribution >= 0.6 is 0 Å². The van der Waals surface area contributed by atoms with E-state index in [-0.39, 0.29) is 0 Å². The number of benzene rings is 1. The van der Waals surface area contributed by atoms with Gasteiger partial charge in [-0.2, -0.15) is 0 Å². The molecule has 0 heteroatoms. The summed E-state index contributed by atoms with van der Waals surface area (Å²) in [6.07, 6.45) is 4.21. The summed E-state index contributed by atoms with van der Waals surface area (Å²) < 4.78 is 0. The first-order chi connectivity index (χ1) is 6.25. The third kappa shape index (κ3) is 2.59. The van der Waals surface area contributed by atoms with Crippen LogP contribution in [0, 0.1) is 0 Å². The molecule has 13 heavy (non-hydrogen) atoms. The van der Waals surface area contributed by atoms with Gasteiger partial charge in [-0.1, -0.05) is 42.5 Å². The number of hydrogen-bond donors (Lipinski definition) is 0. The Labute approximate surface area is 80.6 Å². The molecular formula is C13H16. The number of rotatable bonds is 2. The highest BCUT2D eigenvalue weighted by Gasteiger charge is 1.95. The molecule has 0 aliphatic carbocycles. The maximum absolute atomic E-state index is 2.16. The second-order valence-electron chi connectivity index (χ2n) is 3.17. The first-order valence-corrected chi connectivity index (χ1v) is 4.61. The minimum absolute atomic E-state index is 1.30. The highest BCUT2D eigenvalue weighted by atomic mass is 14.0. The van der Waals surface area contributed by atoms with E-state index in [1.165, 1.54) is 16.7 Å². The van der Waals surface area contributed by atoms with Gasteiger partial charge in [0.05, 0.1) is 0 Å². The smallest absolute Gasteiger partial charge is 0.0225 e. The Morgan fingerprint density at radius 3 is 2.23 bits per heavy atom. The average molecular weight is 172 g/mol. The lowest BCUT2D eigenvalue weighted by molar-refractivity contribution is 1.45. The Balaban J connectivity index is 3.03. The van der Waals surface area contributed by atoms with Crippen molar-refractivity contribution in [2.24, 2.45) is 0 Å². The summed E-state index contributed by atoms with van der Waals surface area (Å²) in [7, 11) is 0. The zero-order valence-electron chi connectivity index (χ0n) is 8.54. The van der Waals surface area contributed by atoms with E-state index in [0.717, 1.165) is 0 Å². The van der Waals surface area contributed by atoms with Crippen molar-refractivity contribution in [3.8, 4) is 0 Å². The highest BCUT2D eigenvalue weighted by Crippen LogP contribution is 2.17. The third-order valence-electron chi connectivity index (χ3n) is 2.21. The predicted molar refractivity (Wildman–Crippen MR) is 59.5 cm³/mol. The molecule has 0 radical (unpaired) electrons. The van der Waals surface area contributed by atoms with E-state index in [1.807, 2.05) is 13.0 Å². The summed E-state index contributed by atoms with van der Waals surface area (Å²) in [5.41, 5.74) is 3.98. The van der Waals surface area contributed by atoms with Gasteiger partial charge in [-0.05, 0) is 37.5 Å². The van der Waals surface area contributed by atoms with E-state index >= 15 is 0 Å². The fraction of sp³-hybridized carbons (Fsp3) is 0.231. The van der Waals surface area contributed by atoms with Crippen molar-refractivity contribution >= 4 is 5.57 Å². The fourth-order valence-corrected chi connectivity index (χ4v) is 1.29. The third-order valence-corrected chi connectivity index (χ3v) is 2.21. The first kappa shape index (κ1) is 9.79. The number of allylic oxidation sites excluding steroid dienone is 4. The van der Waals surface area contributed by atoms with Gasteiger partial charge >= 0.3 is 0 Å². The van der Waals surface area contributed by atoms with Crippen molar-refractivity contribution in [3.63, 3.8) is 0 Å². The molecule has 0 N–H and O–H groups in total. The summed E-state index contributed by atoms with van der Waals surface area (Å²) in [5, 5.41) is 0. The minimum Gasteiger partial charge on any atom is -0.0874 e. The van der Waals surface area contributed by atoms with Crippen molar-refractivity contribution in [2.75, 3.05) is 0 Å². The predicted octanol–water partition coefficient (Wildman–Crippen LogP) is 4.06. The molecule has 0 aromatic heterocycles. The van der Waals surface area contributed by atoms with E-state index < -0.39 is 0 Å². The molecular weight excluding hydrogens is 156 g/mol. The van der Waals surface area contributed by atoms with Crippen molar-refractivity contribution in [1.29, 1.82) is 0 Å². The minimum atomic E-state index is 1.30. The monoisotopic (exact) mass is 172 g/mol. The lowest BCUT2D eigenvalue weighted by Crippen LogP contribution is -1.81. The summed E-state index contributed by atoms with van der Waals surface area (Å²) in [5.74, 6) is 0. The topological polar surface area (TPSA) is 0 Å². The zero-order chi connectivity index (χ0) is 9.68. The van der Waals surface area contributed by atoms with Crippen LogP contribution in [0.2, 0.25) is 0 Å². The van der Waals surface area contributed by atoms with Crippen LogP contribution in [0.4, 0.5) is 0 Å². The Morgan fingerprint density at radius 1 is 1.08 bits per heavy atom. The van der Waals surface area contributed by atoms with Gasteiger partial charge in [0.25, 0.3) is 0 Å². The van der Waals surface area contributed by atoms with Gasteiger partial charge in [0, 0.05) is 0 Å². The molecule has 1 aromatic rings. The van der Waals surface area contributed by atoms with Gasteiger partial charge < -0.3 is 0 Å². The van der Waals surface area contributed by atoms with Crippen molar-refractivity contribution in [3.05, 3.63) is 53.6 Å². The van der Waals surface area contributed by atoms with Gasteiger partial charge in [0.15, 0.2) is 0 Å². The largest absolute Gasteiger partial charge is 0.0874 e. The van der Waals surface area contributed by atoms with Crippen LogP contribution in [0.5, 0.6) is 0 Å². The van der Waals surface area contributed by atoms with Gasteiger partial charge in [-0.25, -0.2) is 0 Å². The van der Waals surface area contributed by atoms with Crippen LogP contribution in [0.1, 0.15) is 26.3 Å². The van der Waals surface area contributed by atoms with Crippen LogP contribution in [-0.4, -0.2) is 0 Å². The SMILES string of the molecule is CC=CC(C)=C(C)c1ccccc1. The molecule has 0 bridgehead atoms. The molecule has 0 heterocycles. The van der Waals surface area contributed by atoms with Crippen LogP contribution in [0.25, 0.3) is 5.57 Å². The zero-order valence-corrected chi connectivity index (χ0v) is 8.54. The summed E-state index contributed by atoms with van der Waals surface area (Å²) in [6, 6.07) is 10.5. The summed E-state index contributed by atoms with van der Waals surface area (Å²) >= 11 is 0. The van der Waals surface area contributed by atoms with E-state index in [9.17, 15) is 0 Å². The van der Waals surface area contributed by atoms with Crippen molar-refractivity contribution in [1.82, 2.24) is 0 Å². The van der Waals surface area contributed by atoms with Gasteiger partial charge in [0.1, 0.15) is 0 Å². The molecule has 0 fully saturated rings. The molecule has 1 rings (SSSR count). The van der Waals surface area contributed by atoms with Crippen LogP contribution in [0.3, 0.4) is 0 Å². The standard InChI is InChI=1S/C13H16/c1-4-8-11(2)12(3)13-9-6-5-7-10-13/h4-10H,1-3H3. The molecule has 0 nitrogen and oxygen atoms in total. The van der Waals surface area contributed by atoms with E-state index in [2.05, 4.69) is 50.3 Å². The molecule has 1 aromatic carbocycles.